The highest BCUT2D eigenvalue weighted by molar-refractivity contribution is 9.10. The molecule has 0 atom stereocenters. The first-order chi connectivity index (χ1) is 12.8. The molecular formula is C17H16BrN3O4S2. The fourth-order valence-corrected chi connectivity index (χ4v) is 4.67. The van der Waals surface area contributed by atoms with Crippen molar-refractivity contribution in [3.05, 3.63) is 46.9 Å². The van der Waals surface area contributed by atoms with Gasteiger partial charge in [-0.15, -0.1) is 0 Å². The second kappa shape index (κ2) is 7.93. The molecule has 1 N–H and O–H groups in total. The molecule has 3 rings (SSSR count). The largest absolute Gasteiger partial charge is 0.494 e. The van der Waals surface area contributed by atoms with Crippen LogP contribution in [-0.4, -0.2) is 44.3 Å². The summed E-state index contributed by atoms with van der Waals surface area (Å²) in [6.07, 6.45) is 0. The summed E-state index contributed by atoms with van der Waals surface area (Å²) in [6, 6.07) is 11.7. The van der Waals surface area contributed by atoms with Gasteiger partial charge in [0.15, 0.2) is 5.13 Å². The Morgan fingerprint density at radius 2 is 1.96 bits per heavy atom. The third kappa shape index (κ3) is 4.29. The number of aromatic nitrogens is 1. The van der Waals surface area contributed by atoms with Crippen LogP contribution < -0.4 is 10.1 Å². The molecule has 0 saturated heterocycles. The number of carbonyl (C=O) groups is 1. The molecule has 0 unspecified atom stereocenters. The number of methoxy groups -OCH3 is 1. The molecule has 0 saturated carbocycles. The zero-order valence-corrected chi connectivity index (χ0v) is 17.7. The number of fused-ring (bicyclic) bond motifs is 1. The lowest BCUT2D eigenvalue weighted by molar-refractivity contribution is -0.116. The number of benzene rings is 2. The number of carbonyl (C=O) groups excluding carboxylic acids is 1. The van der Waals surface area contributed by atoms with Crippen LogP contribution in [0.3, 0.4) is 0 Å². The van der Waals surface area contributed by atoms with Crippen LogP contribution >= 0.6 is 27.3 Å². The molecule has 1 amide bonds. The molecule has 0 radical (unpaired) electrons. The van der Waals surface area contributed by atoms with Crippen molar-refractivity contribution in [2.45, 2.75) is 4.90 Å². The lowest BCUT2D eigenvalue weighted by Crippen LogP contribution is -2.34. The van der Waals surface area contributed by atoms with Crippen LogP contribution in [0.1, 0.15) is 0 Å². The Morgan fingerprint density at radius 3 is 2.63 bits per heavy atom. The van der Waals surface area contributed by atoms with Gasteiger partial charge in [0, 0.05) is 11.5 Å². The number of rotatable bonds is 6. The number of hydrogen-bond acceptors (Lipinski definition) is 6. The van der Waals surface area contributed by atoms with Gasteiger partial charge in [-0.25, -0.2) is 13.4 Å². The second-order valence-corrected chi connectivity index (χ2v) is 9.58. The summed E-state index contributed by atoms with van der Waals surface area (Å²) in [5.74, 6) is 0.135. The molecule has 0 aliphatic carbocycles. The molecule has 1 aromatic heterocycles. The first-order valence-electron chi connectivity index (χ1n) is 7.76. The van der Waals surface area contributed by atoms with Crippen molar-refractivity contribution in [1.82, 2.24) is 9.29 Å². The van der Waals surface area contributed by atoms with Gasteiger partial charge in [0.05, 0.1) is 23.2 Å². The molecule has 0 spiro atoms. The van der Waals surface area contributed by atoms with Gasteiger partial charge >= 0.3 is 0 Å². The molecular weight excluding hydrogens is 454 g/mol. The van der Waals surface area contributed by atoms with Crippen molar-refractivity contribution in [2.75, 3.05) is 26.0 Å². The number of halogens is 1. The van der Waals surface area contributed by atoms with Gasteiger partial charge in [-0.1, -0.05) is 33.3 Å². The predicted molar refractivity (Wildman–Crippen MR) is 109 cm³/mol. The molecule has 3 aromatic rings. The Balaban J connectivity index is 1.72. The number of ether oxygens (including phenoxy) is 1. The molecule has 1 heterocycles. The van der Waals surface area contributed by atoms with Crippen molar-refractivity contribution in [1.29, 1.82) is 0 Å². The van der Waals surface area contributed by atoms with Crippen LogP contribution in [0.2, 0.25) is 0 Å². The summed E-state index contributed by atoms with van der Waals surface area (Å²) < 4.78 is 33.0. The Morgan fingerprint density at radius 1 is 1.26 bits per heavy atom. The van der Waals surface area contributed by atoms with E-state index in [0.29, 0.717) is 16.4 Å². The quantitative estimate of drug-likeness (QED) is 0.597. The van der Waals surface area contributed by atoms with Gasteiger partial charge in [0.2, 0.25) is 15.9 Å². The van der Waals surface area contributed by atoms with Crippen molar-refractivity contribution >= 4 is 58.5 Å². The van der Waals surface area contributed by atoms with Crippen LogP contribution in [0, 0.1) is 0 Å². The van der Waals surface area contributed by atoms with Crippen molar-refractivity contribution in [3.8, 4) is 5.75 Å². The van der Waals surface area contributed by atoms with E-state index in [0.717, 1.165) is 13.5 Å². The van der Waals surface area contributed by atoms with E-state index in [2.05, 4.69) is 26.2 Å². The summed E-state index contributed by atoms with van der Waals surface area (Å²) in [6.45, 7) is -0.328. The van der Waals surface area contributed by atoms with E-state index in [9.17, 15) is 13.2 Å². The maximum atomic E-state index is 12.6. The molecule has 142 valence electrons. The minimum atomic E-state index is -3.76. The zero-order valence-electron chi connectivity index (χ0n) is 14.5. The van der Waals surface area contributed by atoms with Crippen LogP contribution in [0.15, 0.2) is 51.8 Å². The molecule has 0 aliphatic heterocycles. The standard InChI is InChI=1S/C17H16BrN3O4S2/c1-21(27(23,24)12-8-6-11(18)7-9-12)10-15(22)19-17-20-16-13(25-2)4-3-5-14(16)26-17/h3-9H,10H2,1-2H3,(H,19,20,22). The molecule has 0 fully saturated rings. The summed E-state index contributed by atoms with van der Waals surface area (Å²) in [5.41, 5.74) is 0.649. The average molecular weight is 470 g/mol. The molecule has 10 heteroatoms. The third-order valence-electron chi connectivity index (χ3n) is 3.74. The maximum Gasteiger partial charge on any atom is 0.243 e. The van der Waals surface area contributed by atoms with E-state index in [1.54, 1.807) is 25.3 Å². The molecule has 2 aromatic carbocycles. The number of amides is 1. The SMILES string of the molecule is COc1cccc2sc(NC(=O)CN(C)S(=O)(=O)c3ccc(Br)cc3)nc12. The van der Waals surface area contributed by atoms with Gasteiger partial charge < -0.3 is 10.1 Å². The highest BCUT2D eigenvalue weighted by atomic mass is 79.9. The summed E-state index contributed by atoms with van der Waals surface area (Å²) >= 11 is 4.56. The van der Waals surface area contributed by atoms with Crippen LogP contribution in [-0.2, 0) is 14.8 Å². The van der Waals surface area contributed by atoms with Crippen LogP contribution in [0.5, 0.6) is 5.75 Å². The van der Waals surface area contributed by atoms with E-state index in [-0.39, 0.29) is 11.4 Å². The molecule has 0 bridgehead atoms. The fourth-order valence-electron chi connectivity index (χ4n) is 2.37. The minimum absolute atomic E-state index is 0.116. The Labute approximate surface area is 169 Å². The summed E-state index contributed by atoms with van der Waals surface area (Å²) in [7, 11) is -0.854. The molecule has 0 aliphatic rings. The highest BCUT2D eigenvalue weighted by Crippen LogP contribution is 2.32. The van der Waals surface area contributed by atoms with E-state index in [1.807, 2.05) is 12.1 Å². The molecule has 27 heavy (non-hydrogen) atoms. The van der Waals surface area contributed by atoms with Gasteiger partial charge in [0.1, 0.15) is 11.3 Å². The van der Waals surface area contributed by atoms with Gasteiger partial charge in [-0.2, -0.15) is 4.31 Å². The number of thiazole rings is 1. The minimum Gasteiger partial charge on any atom is -0.494 e. The number of sulfonamides is 1. The second-order valence-electron chi connectivity index (χ2n) is 5.59. The topological polar surface area (TPSA) is 88.6 Å². The van der Waals surface area contributed by atoms with E-state index in [4.69, 9.17) is 4.74 Å². The van der Waals surface area contributed by atoms with Crippen molar-refractivity contribution < 1.29 is 17.9 Å². The van der Waals surface area contributed by atoms with Crippen molar-refractivity contribution in [2.24, 2.45) is 0 Å². The third-order valence-corrected chi connectivity index (χ3v) is 7.02. The lowest BCUT2D eigenvalue weighted by Gasteiger charge is -2.16. The first-order valence-corrected chi connectivity index (χ1v) is 10.8. The molecule has 7 nitrogen and oxygen atoms in total. The number of likely N-dealkylation sites (N-methyl/N-ethyl adjacent to an activating group) is 1. The highest BCUT2D eigenvalue weighted by Gasteiger charge is 2.23. The normalized spacial score (nSPS) is 11.7. The van der Waals surface area contributed by atoms with Crippen molar-refractivity contribution in [3.63, 3.8) is 0 Å². The van der Waals surface area contributed by atoms with E-state index >= 15 is 0 Å². The van der Waals surface area contributed by atoms with E-state index < -0.39 is 15.9 Å². The first kappa shape index (κ1) is 19.7. The average Bonchev–Trinajstić information content (AvgIpc) is 3.04. The Hall–Kier alpha value is -2.01. The lowest BCUT2D eigenvalue weighted by atomic mass is 10.3. The Kier molecular flexibility index (Phi) is 5.80. The van der Waals surface area contributed by atoms with Gasteiger partial charge in [-0.3, -0.25) is 4.79 Å². The van der Waals surface area contributed by atoms with Gasteiger partial charge in [-0.05, 0) is 36.4 Å². The number of nitrogens with zero attached hydrogens (tertiary/aromatic N) is 2. The number of para-hydroxylation sites is 1. The van der Waals surface area contributed by atoms with Crippen LogP contribution in [0.4, 0.5) is 5.13 Å². The Bertz CT molecular complexity index is 1080. The van der Waals surface area contributed by atoms with E-state index in [1.165, 1.54) is 30.5 Å². The van der Waals surface area contributed by atoms with Gasteiger partial charge in [0.25, 0.3) is 0 Å². The number of hydrogen-bond donors (Lipinski definition) is 1. The maximum absolute atomic E-state index is 12.6. The number of anilines is 1. The summed E-state index contributed by atoms with van der Waals surface area (Å²) in [4.78, 5) is 16.8. The fraction of sp³-hybridized carbons (Fsp3) is 0.176. The summed E-state index contributed by atoms with van der Waals surface area (Å²) in [5, 5.41) is 3.03. The van der Waals surface area contributed by atoms with Crippen LogP contribution in [0.25, 0.3) is 10.2 Å². The smallest absolute Gasteiger partial charge is 0.243 e. The zero-order chi connectivity index (χ0) is 19.6. The predicted octanol–water partition coefficient (Wildman–Crippen LogP) is 3.33. The monoisotopic (exact) mass is 469 g/mol. The number of nitrogens with one attached hydrogen (secondary N) is 1.